The van der Waals surface area contributed by atoms with Crippen molar-refractivity contribution in [3.05, 3.63) is 0 Å². The van der Waals surface area contributed by atoms with Crippen molar-refractivity contribution in [3.63, 3.8) is 0 Å². The van der Waals surface area contributed by atoms with E-state index < -0.39 is 0 Å². The van der Waals surface area contributed by atoms with Gasteiger partial charge in [0.05, 0.1) is 0 Å². The van der Waals surface area contributed by atoms with E-state index in [-0.39, 0.29) is 0 Å². The minimum Gasteiger partial charge on any atom is -0.396 e. The Labute approximate surface area is 108 Å². The zero-order valence-electron chi connectivity index (χ0n) is 12.1. The van der Waals surface area contributed by atoms with Crippen molar-refractivity contribution in [1.29, 1.82) is 0 Å². The third-order valence-electron chi connectivity index (χ3n) is 4.73. The lowest BCUT2D eigenvalue weighted by Gasteiger charge is -2.32. The van der Waals surface area contributed by atoms with E-state index in [1.165, 1.54) is 51.4 Å². The summed E-state index contributed by atoms with van der Waals surface area (Å²) in [6.45, 7) is 7.37. The van der Waals surface area contributed by atoms with Gasteiger partial charge in [-0.3, -0.25) is 0 Å². The average Bonchev–Trinajstić information content (AvgIpc) is 2.35. The minimum atomic E-state index is 0.407. The summed E-state index contributed by atoms with van der Waals surface area (Å²) in [6, 6.07) is 0. The van der Waals surface area contributed by atoms with Gasteiger partial charge in [-0.15, -0.1) is 0 Å². The van der Waals surface area contributed by atoms with E-state index in [2.05, 4.69) is 20.8 Å². The Hall–Kier alpha value is -0.0400. The third-order valence-corrected chi connectivity index (χ3v) is 4.73. The highest BCUT2D eigenvalue weighted by Crippen LogP contribution is 2.36. The van der Waals surface area contributed by atoms with Crippen molar-refractivity contribution in [1.82, 2.24) is 0 Å². The molecular formula is C16H32O. The zero-order valence-corrected chi connectivity index (χ0v) is 12.1. The number of aliphatic hydroxyl groups excluding tert-OH is 1. The predicted octanol–water partition coefficient (Wildman–Crippen LogP) is 4.64. The summed E-state index contributed by atoms with van der Waals surface area (Å²) < 4.78 is 0. The molecule has 17 heavy (non-hydrogen) atoms. The normalized spacial score (nSPS) is 27.4. The molecule has 1 aliphatic rings. The summed E-state index contributed by atoms with van der Waals surface area (Å²) in [6.07, 6.45) is 10.7. The molecule has 1 rings (SSSR count). The lowest BCUT2D eigenvalue weighted by atomic mass is 9.74. The average molecular weight is 240 g/mol. The fourth-order valence-electron chi connectivity index (χ4n) is 3.34. The molecular weight excluding hydrogens is 208 g/mol. The van der Waals surface area contributed by atoms with Crippen molar-refractivity contribution in [2.24, 2.45) is 23.7 Å². The molecule has 1 atom stereocenters. The van der Waals surface area contributed by atoms with Crippen LogP contribution in [0.25, 0.3) is 0 Å². The van der Waals surface area contributed by atoms with Gasteiger partial charge in [0.25, 0.3) is 0 Å². The molecule has 0 aromatic rings. The van der Waals surface area contributed by atoms with Gasteiger partial charge in [-0.2, -0.15) is 0 Å². The molecule has 1 unspecified atom stereocenters. The van der Waals surface area contributed by atoms with E-state index in [9.17, 15) is 5.11 Å². The maximum Gasteiger partial charge on any atom is 0.0459 e. The van der Waals surface area contributed by atoms with E-state index >= 15 is 0 Å². The number of aliphatic hydroxyl groups is 1. The Morgan fingerprint density at radius 3 is 2.24 bits per heavy atom. The molecule has 0 amide bonds. The Balaban J connectivity index is 2.23. The first-order valence-electron chi connectivity index (χ1n) is 7.78. The maximum atomic E-state index is 9.42. The smallest absolute Gasteiger partial charge is 0.0459 e. The molecule has 0 saturated heterocycles. The van der Waals surface area contributed by atoms with Gasteiger partial charge in [-0.05, 0) is 49.4 Å². The van der Waals surface area contributed by atoms with Crippen LogP contribution in [0, 0.1) is 23.7 Å². The number of hydrogen-bond donors (Lipinski definition) is 1. The SMILES string of the molecule is CCCCC(CO)CC1CCC(C(C)C)CC1. The van der Waals surface area contributed by atoms with Crippen LogP contribution in [0.1, 0.15) is 72.1 Å². The molecule has 102 valence electrons. The Morgan fingerprint density at radius 1 is 1.12 bits per heavy atom. The molecule has 0 heterocycles. The second-order valence-electron chi connectivity index (χ2n) is 6.45. The highest BCUT2D eigenvalue weighted by molar-refractivity contribution is 4.76. The first-order chi connectivity index (χ1) is 8.17. The summed E-state index contributed by atoms with van der Waals surface area (Å²) in [4.78, 5) is 0. The minimum absolute atomic E-state index is 0.407. The molecule has 1 aliphatic carbocycles. The van der Waals surface area contributed by atoms with E-state index in [0.29, 0.717) is 12.5 Å². The highest BCUT2D eigenvalue weighted by atomic mass is 16.3. The lowest BCUT2D eigenvalue weighted by molar-refractivity contribution is 0.154. The molecule has 0 aromatic heterocycles. The van der Waals surface area contributed by atoms with E-state index in [1.54, 1.807) is 0 Å². The molecule has 1 nitrogen and oxygen atoms in total. The summed E-state index contributed by atoms with van der Waals surface area (Å²) in [7, 11) is 0. The lowest BCUT2D eigenvalue weighted by Crippen LogP contribution is -2.21. The maximum absolute atomic E-state index is 9.42. The van der Waals surface area contributed by atoms with Crippen molar-refractivity contribution >= 4 is 0 Å². The number of hydrogen-bond acceptors (Lipinski definition) is 1. The molecule has 1 fully saturated rings. The molecule has 0 aromatic carbocycles. The third kappa shape index (κ3) is 5.42. The fourth-order valence-corrected chi connectivity index (χ4v) is 3.34. The van der Waals surface area contributed by atoms with Gasteiger partial charge in [0, 0.05) is 6.61 Å². The Bertz CT molecular complexity index is 180. The molecule has 1 N–H and O–H groups in total. The van der Waals surface area contributed by atoms with Crippen LogP contribution in [0.2, 0.25) is 0 Å². The van der Waals surface area contributed by atoms with Crippen LogP contribution < -0.4 is 0 Å². The van der Waals surface area contributed by atoms with Crippen molar-refractivity contribution < 1.29 is 5.11 Å². The summed E-state index contributed by atoms with van der Waals surface area (Å²) >= 11 is 0. The van der Waals surface area contributed by atoms with Crippen LogP contribution in [-0.2, 0) is 0 Å². The van der Waals surface area contributed by atoms with Crippen molar-refractivity contribution in [3.8, 4) is 0 Å². The summed E-state index contributed by atoms with van der Waals surface area (Å²) in [5.41, 5.74) is 0. The zero-order chi connectivity index (χ0) is 12.7. The Morgan fingerprint density at radius 2 is 1.76 bits per heavy atom. The number of rotatable bonds is 7. The molecule has 1 heteroatoms. The van der Waals surface area contributed by atoms with Gasteiger partial charge in [0.2, 0.25) is 0 Å². The molecule has 0 bridgehead atoms. The molecule has 0 aliphatic heterocycles. The second-order valence-corrected chi connectivity index (χ2v) is 6.45. The molecule has 1 saturated carbocycles. The molecule has 0 radical (unpaired) electrons. The van der Waals surface area contributed by atoms with Gasteiger partial charge in [-0.25, -0.2) is 0 Å². The quantitative estimate of drug-likeness (QED) is 0.687. The van der Waals surface area contributed by atoms with Gasteiger partial charge in [-0.1, -0.05) is 46.5 Å². The van der Waals surface area contributed by atoms with Gasteiger partial charge in [0.15, 0.2) is 0 Å². The van der Waals surface area contributed by atoms with Crippen LogP contribution in [0.15, 0.2) is 0 Å². The molecule has 0 spiro atoms. The van der Waals surface area contributed by atoms with Gasteiger partial charge in [0.1, 0.15) is 0 Å². The largest absolute Gasteiger partial charge is 0.396 e. The van der Waals surface area contributed by atoms with Crippen molar-refractivity contribution in [2.45, 2.75) is 72.1 Å². The summed E-state index contributed by atoms with van der Waals surface area (Å²) in [5, 5.41) is 9.42. The van der Waals surface area contributed by atoms with E-state index in [1.807, 2.05) is 0 Å². The first-order valence-corrected chi connectivity index (χ1v) is 7.78. The van der Waals surface area contributed by atoms with E-state index in [0.717, 1.165) is 17.8 Å². The topological polar surface area (TPSA) is 20.2 Å². The number of unbranched alkanes of at least 4 members (excludes halogenated alkanes) is 1. The van der Waals surface area contributed by atoms with Crippen LogP contribution in [0.3, 0.4) is 0 Å². The van der Waals surface area contributed by atoms with Gasteiger partial charge >= 0.3 is 0 Å². The van der Waals surface area contributed by atoms with Crippen LogP contribution >= 0.6 is 0 Å². The van der Waals surface area contributed by atoms with Crippen molar-refractivity contribution in [2.75, 3.05) is 6.61 Å². The van der Waals surface area contributed by atoms with Gasteiger partial charge < -0.3 is 5.11 Å². The highest BCUT2D eigenvalue weighted by Gasteiger charge is 2.24. The summed E-state index contributed by atoms with van der Waals surface area (Å²) in [5.74, 6) is 3.31. The Kier molecular flexibility index (Phi) is 7.18. The first kappa shape index (κ1) is 15.0. The van der Waals surface area contributed by atoms with Crippen LogP contribution in [0.5, 0.6) is 0 Å². The predicted molar refractivity (Wildman–Crippen MR) is 75.0 cm³/mol. The second kappa shape index (κ2) is 8.13. The standard InChI is InChI=1S/C16H32O/c1-4-5-6-15(12-17)11-14-7-9-16(10-8-14)13(2)3/h13-17H,4-12H2,1-3H3. The van der Waals surface area contributed by atoms with E-state index in [4.69, 9.17) is 0 Å². The monoisotopic (exact) mass is 240 g/mol. The fraction of sp³-hybridized carbons (Fsp3) is 1.00. The van der Waals surface area contributed by atoms with Crippen LogP contribution in [-0.4, -0.2) is 11.7 Å². The van der Waals surface area contributed by atoms with Crippen LogP contribution in [0.4, 0.5) is 0 Å².